The van der Waals surface area contributed by atoms with Gasteiger partial charge in [0, 0.05) is 31.2 Å². The number of pyridine rings is 2. The van der Waals surface area contributed by atoms with E-state index in [1.165, 1.54) is 30.6 Å². The van der Waals surface area contributed by atoms with Gasteiger partial charge in [0.15, 0.2) is 0 Å². The second kappa shape index (κ2) is 9.09. The van der Waals surface area contributed by atoms with E-state index in [2.05, 4.69) is 4.98 Å². The Morgan fingerprint density at radius 3 is 2.50 bits per heavy atom. The van der Waals surface area contributed by atoms with Gasteiger partial charge in [0.25, 0.3) is 0 Å². The van der Waals surface area contributed by atoms with Crippen molar-refractivity contribution in [2.75, 3.05) is 18.0 Å². The van der Waals surface area contributed by atoms with Crippen LogP contribution in [0.4, 0.5) is 23.2 Å². The van der Waals surface area contributed by atoms with Gasteiger partial charge < -0.3 is 19.7 Å². The predicted octanol–water partition coefficient (Wildman–Crippen LogP) is 4.91. The summed E-state index contributed by atoms with van der Waals surface area (Å²) in [4.78, 5) is 30.7. The van der Waals surface area contributed by atoms with Gasteiger partial charge >= 0.3 is 12.1 Å². The van der Waals surface area contributed by atoms with Crippen LogP contribution in [0.3, 0.4) is 0 Å². The molecule has 198 valence electrons. The first-order chi connectivity index (χ1) is 17.9. The van der Waals surface area contributed by atoms with Crippen LogP contribution in [0, 0.1) is 5.82 Å². The summed E-state index contributed by atoms with van der Waals surface area (Å²) in [5.41, 5.74) is -2.53. The topological polar surface area (TPSA) is 95.7 Å². The van der Waals surface area contributed by atoms with Gasteiger partial charge in [0.05, 0.1) is 39.5 Å². The maximum atomic E-state index is 15.4. The highest BCUT2D eigenvalue weighted by molar-refractivity contribution is 6.07. The van der Waals surface area contributed by atoms with E-state index in [0.717, 1.165) is 18.2 Å². The van der Waals surface area contributed by atoms with E-state index < -0.39 is 40.1 Å². The summed E-state index contributed by atoms with van der Waals surface area (Å²) in [7, 11) is 0. The fourth-order valence-electron chi connectivity index (χ4n) is 5.11. The number of alkyl halides is 3. The third-order valence-electron chi connectivity index (χ3n) is 7.21. The Morgan fingerprint density at radius 1 is 1.16 bits per heavy atom. The Labute approximate surface area is 213 Å². The molecule has 1 saturated heterocycles. The zero-order valence-corrected chi connectivity index (χ0v) is 20.2. The fraction of sp³-hybridized carbons (Fsp3) is 0.296. The van der Waals surface area contributed by atoms with Gasteiger partial charge in [-0.05, 0) is 49.6 Å². The van der Waals surface area contributed by atoms with Gasteiger partial charge in [-0.25, -0.2) is 9.18 Å². The number of carboxylic acid groups (broad SMARTS) is 1. The third kappa shape index (κ3) is 4.26. The van der Waals surface area contributed by atoms with Crippen LogP contribution in [0.25, 0.3) is 21.8 Å². The van der Waals surface area contributed by atoms with Crippen LogP contribution < -0.4 is 10.3 Å². The second-order valence-corrected chi connectivity index (χ2v) is 9.40. The SMILES string of the molecule is CCn1cc(C(=O)O)c(=O)c2c3cc(F)c(N4CCC(O)(c5cccc(C(F)(F)F)c5)CC4)cc3ncc21. The number of aryl methyl sites for hydroxylation is 1. The van der Waals surface area contributed by atoms with Gasteiger partial charge in [0.2, 0.25) is 5.43 Å². The number of fused-ring (bicyclic) bond motifs is 3. The zero-order chi connectivity index (χ0) is 27.4. The van der Waals surface area contributed by atoms with Crippen LogP contribution in [-0.2, 0) is 18.3 Å². The lowest BCUT2D eigenvalue weighted by atomic mass is 9.83. The molecule has 0 aliphatic carbocycles. The number of halogens is 4. The quantitative estimate of drug-likeness (QED) is 0.288. The fourth-order valence-corrected chi connectivity index (χ4v) is 5.11. The second-order valence-electron chi connectivity index (χ2n) is 9.40. The van der Waals surface area contributed by atoms with Crippen molar-refractivity contribution in [2.24, 2.45) is 0 Å². The Bertz CT molecular complexity index is 1640. The number of hydrogen-bond acceptors (Lipinski definition) is 5. The summed E-state index contributed by atoms with van der Waals surface area (Å²) < 4.78 is 56.5. The number of aliphatic hydroxyl groups is 1. The minimum absolute atomic E-state index is 0.0553. The molecule has 2 N–H and O–H groups in total. The number of hydrogen-bond donors (Lipinski definition) is 2. The summed E-state index contributed by atoms with van der Waals surface area (Å²) in [5, 5.41) is 20.8. The molecule has 1 aliphatic heterocycles. The van der Waals surface area contributed by atoms with E-state index in [0.29, 0.717) is 12.1 Å². The molecule has 5 rings (SSSR count). The Hall–Kier alpha value is -3.99. The van der Waals surface area contributed by atoms with E-state index in [-0.39, 0.29) is 53.5 Å². The van der Waals surface area contributed by atoms with E-state index in [1.807, 2.05) is 0 Å². The number of anilines is 1. The summed E-state index contributed by atoms with van der Waals surface area (Å²) in [6.45, 7) is 2.47. The van der Waals surface area contributed by atoms with Crippen molar-refractivity contribution in [3.8, 4) is 0 Å². The van der Waals surface area contributed by atoms with Gasteiger partial charge in [0.1, 0.15) is 11.4 Å². The summed E-state index contributed by atoms with van der Waals surface area (Å²) in [6.07, 6.45) is -1.72. The number of piperidine rings is 1. The number of benzene rings is 2. The molecule has 38 heavy (non-hydrogen) atoms. The minimum atomic E-state index is -4.54. The van der Waals surface area contributed by atoms with Crippen molar-refractivity contribution in [3.63, 3.8) is 0 Å². The third-order valence-corrected chi connectivity index (χ3v) is 7.21. The lowest BCUT2D eigenvalue weighted by Gasteiger charge is -2.40. The van der Waals surface area contributed by atoms with Gasteiger partial charge in [-0.1, -0.05) is 12.1 Å². The number of aromatic nitrogens is 2. The lowest BCUT2D eigenvalue weighted by Crippen LogP contribution is -2.43. The van der Waals surface area contributed by atoms with Crippen molar-refractivity contribution >= 4 is 33.5 Å². The molecular formula is C27H23F4N3O4. The smallest absolute Gasteiger partial charge is 0.416 e. The maximum Gasteiger partial charge on any atom is 0.416 e. The van der Waals surface area contributed by atoms with Crippen molar-refractivity contribution in [2.45, 2.75) is 38.1 Å². The van der Waals surface area contributed by atoms with Gasteiger partial charge in [-0.15, -0.1) is 0 Å². The van der Waals surface area contributed by atoms with Crippen molar-refractivity contribution < 1.29 is 32.6 Å². The zero-order valence-electron chi connectivity index (χ0n) is 20.2. The van der Waals surface area contributed by atoms with Crippen molar-refractivity contribution in [1.82, 2.24) is 9.55 Å². The standard InChI is InChI=1S/C27H23F4N3O4/c1-2-33-14-18(25(36)37)24(35)23-17-11-19(28)21(12-20(17)32-13-22(23)33)34-8-6-26(38,7-9-34)15-4-3-5-16(10-15)27(29,30)31/h3-5,10-14,38H,2,6-9H2,1H3,(H,36,37). The number of aromatic carboxylic acids is 1. The van der Waals surface area contributed by atoms with Crippen LogP contribution in [-0.4, -0.2) is 38.8 Å². The molecule has 7 nitrogen and oxygen atoms in total. The average Bonchev–Trinajstić information content (AvgIpc) is 2.88. The van der Waals surface area contributed by atoms with Crippen molar-refractivity contribution in [1.29, 1.82) is 0 Å². The average molecular weight is 529 g/mol. The molecule has 0 atom stereocenters. The van der Waals surface area contributed by atoms with Gasteiger partial charge in [-0.2, -0.15) is 13.2 Å². The normalized spacial score (nSPS) is 15.8. The molecule has 3 heterocycles. The summed E-state index contributed by atoms with van der Waals surface area (Å²) in [6, 6.07) is 7.20. The molecule has 11 heteroatoms. The largest absolute Gasteiger partial charge is 0.477 e. The summed E-state index contributed by atoms with van der Waals surface area (Å²) >= 11 is 0. The molecule has 0 radical (unpaired) electrons. The molecule has 4 aromatic rings. The van der Waals surface area contributed by atoms with Crippen LogP contribution in [0.5, 0.6) is 0 Å². The highest BCUT2D eigenvalue weighted by atomic mass is 19.4. The molecule has 1 aliphatic rings. The Kier molecular flexibility index (Phi) is 6.13. The van der Waals surface area contributed by atoms with E-state index in [9.17, 15) is 33.0 Å². The number of rotatable bonds is 4. The van der Waals surface area contributed by atoms with E-state index in [1.54, 1.807) is 16.4 Å². The summed E-state index contributed by atoms with van der Waals surface area (Å²) in [5.74, 6) is -2.05. The lowest BCUT2D eigenvalue weighted by molar-refractivity contribution is -0.137. The number of carboxylic acids is 1. The monoisotopic (exact) mass is 529 g/mol. The van der Waals surface area contributed by atoms with Crippen LogP contribution in [0.2, 0.25) is 0 Å². The molecule has 0 amide bonds. The van der Waals surface area contributed by atoms with Crippen LogP contribution in [0.1, 0.15) is 41.3 Å². The first kappa shape index (κ1) is 25.7. The first-order valence-corrected chi connectivity index (χ1v) is 12.0. The predicted molar refractivity (Wildman–Crippen MR) is 133 cm³/mol. The Balaban J connectivity index is 1.51. The molecule has 0 bridgehead atoms. The number of carbonyl (C=O) groups is 1. The maximum absolute atomic E-state index is 15.4. The van der Waals surface area contributed by atoms with Crippen LogP contribution in [0.15, 0.2) is 53.6 Å². The molecule has 2 aromatic carbocycles. The van der Waals surface area contributed by atoms with E-state index in [4.69, 9.17) is 0 Å². The first-order valence-electron chi connectivity index (χ1n) is 12.0. The minimum Gasteiger partial charge on any atom is -0.477 e. The number of nitrogens with zero attached hydrogens (tertiary/aromatic N) is 3. The highest BCUT2D eigenvalue weighted by Gasteiger charge is 2.37. The molecule has 2 aromatic heterocycles. The van der Waals surface area contributed by atoms with E-state index >= 15 is 4.39 Å². The molecule has 1 fully saturated rings. The molecule has 0 unspecified atom stereocenters. The molecule has 0 spiro atoms. The van der Waals surface area contributed by atoms with Gasteiger partial charge in [-0.3, -0.25) is 9.78 Å². The highest BCUT2D eigenvalue weighted by Crippen LogP contribution is 2.39. The molecular weight excluding hydrogens is 506 g/mol. The van der Waals surface area contributed by atoms with Crippen molar-refractivity contribution in [3.05, 3.63) is 81.5 Å². The molecule has 0 saturated carbocycles. The van der Waals surface area contributed by atoms with Crippen LogP contribution >= 0.6 is 0 Å². The Morgan fingerprint density at radius 2 is 1.87 bits per heavy atom.